The van der Waals surface area contributed by atoms with Crippen LogP contribution in [0.5, 0.6) is 0 Å². The summed E-state index contributed by atoms with van der Waals surface area (Å²) in [6.07, 6.45) is 1.80. The van der Waals surface area contributed by atoms with Crippen LogP contribution < -0.4 is 5.32 Å². The minimum Gasteiger partial charge on any atom is -0.326 e. The Bertz CT molecular complexity index is 1190. The summed E-state index contributed by atoms with van der Waals surface area (Å²) in [5.74, 6) is -0.0658. The fourth-order valence-electron chi connectivity index (χ4n) is 4.05. The Balaban J connectivity index is 1.35. The molecule has 10 heteroatoms. The molecule has 0 atom stereocenters. The number of amides is 2. The zero-order valence-corrected chi connectivity index (χ0v) is 22.6. The number of nitrogens with one attached hydrogen (secondary N) is 1. The predicted molar refractivity (Wildman–Crippen MR) is 145 cm³/mol. The van der Waals surface area contributed by atoms with Crippen LogP contribution in [-0.2, 0) is 16.1 Å². The number of benzene rings is 2. The third-order valence-electron chi connectivity index (χ3n) is 5.75. The Morgan fingerprint density at radius 2 is 1.83 bits per heavy atom. The highest BCUT2D eigenvalue weighted by molar-refractivity contribution is 7.99. The second kappa shape index (κ2) is 11.8. The van der Waals surface area contributed by atoms with E-state index in [1.165, 1.54) is 30.2 Å². The number of carbonyl (C=O) groups excluding carboxylic acids is 2. The minimum absolute atomic E-state index is 0.0364. The summed E-state index contributed by atoms with van der Waals surface area (Å²) in [6, 6.07) is 13.5. The van der Waals surface area contributed by atoms with Gasteiger partial charge in [0.25, 0.3) is 0 Å². The van der Waals surface area contributed by atoms with Gasteiger partial charge in [-0.3, -0.25) is 18.8 Å². The van der Waals surface area contributed by atoms with E-state index in [0.29, 0.717) is 10.0 Å². The van der Waals surface area contributed by atoms with E-state index in [9.17, 15) is 9.59 Å². The van der Waals surface area contributed by atoms with E-state index in [1.807, 2.05) is 52.1 Å². The van der Waals surface area contributed by atoms with Gasteiger partial charge < -0.3 is 5.32 Å². The van der Waals surface area contributed by atoms with Crippen LogP contribution >= 0.6 is 46.5 Å². The molecule has 1 aromatic heterocycles. The van der Waals surface area contributed by atoms with E-state index in [2.05, 4.69) is 10.2 Å². The number of piperidine rings is 1. The topological polar surface area (TPSA) is 65.5 Å². The fraction of sp³-hybridized carbons (Fsp3) is 0.320. The van der Waals surface area contributed by atoms with Crippen molar-refractivity contribution >= 4 is 64.0 Å². The van der Waals surface area contributed by atoms with Gasteiger partial charge in [0.1, 0.15) is 0 Å². The summed E-state index contributed by atoms with van der Waals surface area (Å²) >= 11 is 15.1. The lowest BCUT2D eigenvalue weighted by Crippen LogP contribution is -2.43. The summed E-state index contributed by atoms with van der Waals surface area (Å²) in [5.41, 5.74) is 3.70. The molecule has 2 aromatic carbocycles. The van der Waals surface area contributed by atoms with Gasteiger partial charge in [0.05, 0.1) is 15.7 Å². The van der Waals surface area contributed by atoms with E-state index >= 15 is 0 Å². The van der Waals surface area contributed by atoms with E-state index in [-0.39, 0.29) is 17.9 Å². The number of thiazole rings is 1. The van der Waals surface area contributed by atoms with Crippen LogP contribution in [0, 0.1) is 0 Å². The normalized spacial score (nSPS) is 14.6. The average molecular weight is 550 g/mol. The monoisotopic (exact) mass is 548 g/mol. The molecule has 1 aliphatic heterocycles. The predicted octanol–water partition coefficient (Wildman–Crippen LogP) is 6.60. The SMILES string of the molecule is CC(=O)Nc1ccc(-c2csc(SN(C(C)=O)C3CCN(Cc4ccc(Cl)c(Cl)c4)CC3)n2)cc1. The molecule has 1 aliphatic rings. The molecular formula is C25H26Cl2N4O2S2. The second-order valence-corrected chi connectivity index (χ2v) is 11.3. The summed E-state index contributed by atoms with van der Waals surface area (Å²) in [4.78, 5) is 30.8. The molecule has 0 spiro atoms. The van der Waals surface area contributed by atoms with E-state index in [1.54, 1.807) is 6.92 Å². The van der Waals surface area contributed by atoms with Crippen molar-refractivity contribution in [1.29, 1.82) is 0 Å². The third-order valence-corrected chi connectivity index (χ3v) is 8.63. The van der Waals surface area contributed by atoms with Gasteiger partial charge >= 0.3 is 0 Å². The zero-order valence-electron chi connectivity index (χ0n) is 19.5. The number of hydrogen-bond donors (Lipinski definition) is 1. The van der Waals surface area contributed by atoms with Crippen molar-refractivity contribution in [3.05, 3.63) is 63.5 Å². The first-order chi connectivity index (χ1) is 16.8. The zero-order chi connectivity index (χ0) is 24.9. The molecule has 0 radical (unpaired) electrons. The van der Waals surface area contributed by atoms with Crippen LogP contribution in [0.25, 0.3) is 11.3 Å². The standard InChI is InChI=1S/C25H26Cl2N4O2S2/c1-16(32)28-20-6-4-19(5-7-20)24-15-34-25(29-24)35-31(17(2)33)21-9-11-30(12-10-21)14-18-3-8-22(26)23(27)13-18/h3-8,13,15,21H,9-12,14H2,1-2H3,(H,28,32). The quantitative estimate of drug-likeness (QED) is 0.337. The number of nitrogens with zero attached hydrogens (tertiary/aromatic N) is 3. The number of aromatic nitrogens is 1. The maximum atomic E-state index is 12.5. The van der Waals surface area contributed by atoms with Gasteiger partial charge in [-0.2, -0.15) is 0 Å². The number of halogens is 2. The molecule has 3 aromatic rings. The first-order valence-electron chi connectivity index (χ1n) is 11.3. The van der Waals surface area contributed by atoms with Crippen molar-refractivity contribution in [2.75, 3.05) is 18.4 Å². The molecule has 1 saturated heterocycles. The average Bonchev–Trinajstić information content (AvgIpc) is 3.29. The number of anilines is 1. The molecule has 0 aliphatic carbocycles. The van der Waals surface area contributed by atoms with Gasteiger partial charge in [-0.25, -0.2) is 4.98 Å². The Morgan fingerprint density at radius 3 is 2.46 bits per heavy atom. The fourth-order valence-corrected chi connectivity index (χ4v) is 6.27. The lowest BCUT2D eigenvalue weighted by atomic mass is 10.0. The molecule has 184 valence electrons. The lowest BCUT2D eigenvalue weighted by Gasteiger charge is -2.37. The molecule has 6 nitrogen and oxygen atoms in total. The van der Waals surface area contributed by atoms with Crippen LogP contribution in [0.1, 0.15) is 32.3 Å². The van der Waals surface area contributed by atoms with Gasteiger partial charge in [-0.05, 0) is 42.7 Å². The van der Waals surface area contributed by atoms with Crippen molar-refractivity contribution in [3.8, 4) is 11.3 Å². The molecule has 4 rings (SSSR count). The Morgan fingerprint density at radius 1 is 1.11 bits per heavy atom. The second-order valence-electron chi connectivity index (χ2n) is 8.45. The van der Waals surface area contributed by atoms with Crippen molar-refractivity contribution in [2.24, 2.45) is 0 Å². The Kier molecular flexibility index (Phi) is 8.73. The highest BCUT2D eigenvalue weighted by atomic mass is 35.5. The smallest absolute Gasteiger partial charge is 0.229 e. The molecule has 2 heterocycles. The largest absolute Gasteiger partial charge is 0.326 e. The van der Waals surface area contributed by atoms with Crippen molar-refractivity contribution in [1.82, 2.24) is 14.2 Å². The maximum absolute atomic E-state index is 12.5. The molecule has 35 heavy (non-hydrogen) atoms. The number of rotatable bonds is 7. The molecule has 0 bridgehead atoms. The summed E-state index contributed by atoms with van der Waals surface area (Å²) in [7, 11) is 0. The Labute approximate surface area is 223 Å². The minimum atomic E-state index is -0.102. The number of hydrogen-bond acceptors (Lipinski definition) is 6. The molecule has 2 amide bonds. The highest BCUT2D eigenvalue weighted by Crippen LogP contribution is 2.34. The van der Waals surface area contributed by atoms with Crippen LogP contribution in [0.2, 0.25) is 10.0 Å². The highest BCUT2D eigenvalue weighted by Gasteiger charge is 2.28. The van der Waals surface area contributed by atoms with E-state index < -0.39 is 0 Å². The van der Waals surface area contributed by atoms with Crippen LogP contribution in [0.4, 0.5) is 5.69 Å². The van der Waals surface area contributed by atoms with Gasteiger partial charge in [-0.1, -0.05) is 41.4 Å². The third kappa shape index (κ3) is 6.98. The van der Waals surface area contributed by atoms with Gasteiger partial charge in [0.15, 0.2) is 4.34 Å². The van der Waals surface area contributed by atoms with E-state index in [4.69, 9.17) is 28.2 Å². The first kappa shape index (κ1) is 26.0. The van der Waals surface area contributed by atoms with Crippen molar-refractivity contribution in [3.63, 3.8) is 0 Å². The molecule has 1 fully saturated rings. The molecule has 0 saturated carbocycles. The lowest BCUT2D eigenvalue weighted by molar-refractivity contribution is -0.125. The molecular weight excluding hydrogens is 523 g/mol. The summed E-state index contributed by atoms with van der Waals surface area (Å²) in [6.45, 7) is 5.72. The van der Waals surface area contributed by atoms with Gasteiger partial charge in [0, 0.05) is 68.1 Å². The molecule has 1 N–H and O–H groups in total. The van der Waals surface area contributed by atoms with Gasteiger partial charge in [-0.15, -0.1) is 11.3 Å². The van der Waals surface area contributed by atoms with Crippen LogP contribution in [0.3, 0.4) is 0 Å². The first-order valence-corrected chi connectivity index (χ1v) is 13.7. The maximum Gasteiger partial charge on any atom is 0.229 e. The van der Waals surface area contributed by atoms with Crippen molar-refractivity contribution in [2.45, 2.75) is 43.6 Å². The Hall–Kier alpha value is -2.10. The van der Waals surface area contributed by atoms with Gasteiger partial charge in [0.2, 0.25) is 11.8 Å². The van der Waals surface area contributed by atoms with E-state index in [0.717, 1.165) is 59.3 Å². The summed E-state index contributed by atoms with van der Waals surface area (Å²) in [5, 5.41) is 5.90. The molecule has 0 unspecified atom stereocenters. The number of carbonyl (C=O) groups is 2. The van der Waals surface area contributed by atoms with Crippen molar-refractivity contribution < 1.29 is 9.59 Å². The summed E-state index contributed by atoms with van der Waals surface area (Å²) < 4.78 is 2.71. The van der Waals surface area contributed by atoms with Crippen LogP contribution in [0.15, 0.2) is 52.2 Å². The van der Waals surface area contributed by atoms with Crippen LogP contribution in [-0.4, -0.2) is 45.1 Å². The number of likely N-dealkylation sites (tertiary alicyclic amines) is 1.